The number of thiophene rings is 1. The summed E-state index contributed by atoms with van der Waals surface area (Å²) in [5.41, 5.74) is 24.5. The molecule has 4 aromatic rings. The van der Waals surface area contributed by atoms with E-state index < -0.39 is 0 Å². The molecular weight excluding hydrogens is 464 g/mol. The molecule has 0 bridgehead atoms. The van der Waals surface area contributed by atoms with E-state index in [9.17, 15) is 0 Å². The van der Waals surface area contributed by atoms with Crippen LogP contribution in [0.2, 0.25) is 0 Å². The molecule has 5 rings (SSSR count). The topological polar surface area (TPSA) is 88.3 Å². The summed E-state index contributed by atoms with van der Waals surface area (Å²) in [6.07, 6.45) is 4.35. The van der Waals surface area contributed by atoms with Crippen molar-refractivity contribution in [1.82, 2.24) is 4.98 Å². The molecular formula is C24H28N8S2. The first-order valence-corrected chi connectivity index (χ1v) is 12.9. The van der Waals surface area contributed by atoms with E-state index in [1.54, 1.807) is 28.9 Å². The van der Waals surface area contributed by atoms with Crippen LogP contribution < -0.4 is 37.5 Å². The SMILES string of the molecule is Cc1cc(NNc2ccc(N3CCCC3)s2)ccc1NNc1ccc(NNc2nccs2)cc1. The predicted molar refractivity (Wildman–Crippen MR) is 147 cm³/mol. The number of nitrogens with one attached hydrogen (secondary N) is 6. The van der Waals surface area contributed by atoms with Gasteiger partial charge < -0.3 is 21.2 Å². The Kier molecular flexibility index (Phi) is 6.87. The summed E-state index contributed by atoms with van der Waals surface area (Å²) in [5, 5.41) is 5.21. The Balaban J connectivity index is 1.10. The molecule has 0 spiro atoms. The van der Waals surface area contributed by atoms with E-state index >= 15 is 0 Å². The predicted octanol–water partition coefficient (Wildman–Crippen LogP) is 6.43. The molecule has 0 atom stereocenters. The van der Waals surface area contributed by atoms with Crippen molar-refractivity contribution in [3.8, 4) is 0 Å². The molecule has 34 heavy (non-hydrogen) atoms. The molecule has 2 aromatic carbocycles. The number of thiazole rings is 1. The number of hydrogen-bond acceptors (Lipinski definition) is 10. The highest BCUT2D eigenvalue weighted by molar-refractivity contribution is 7.20. The number of benzene rings is 2. The summed E-state index contributed by atoms with van der Waals surface area (Å²) >= 11 is 3.33. The van der Waals surface area contributed by atoms with Crippen molar-refractivity contribution in [2.75, 3.05) is 50.5 Å². The molecule has 8 nitrogen and oxygen atoms in total. The molecule has 0 radical (unpaired) electrons. The van der Waals surface area contributed by atoms with E-state index in [4.69, 9.17) is 0 Å². The third-order valence-corrected chi connectivity index (χ3v) is 7.29. The molecule has 3 heterocycles. The van der Waals surface area contributed by atoms with E-state index in [0.29, 0.717) is 0 Å². The maximum Gasteiger partial charge on any atom is 0.201 e. The summed E-state index contributed by atoms with van der Waals surface area (Å²) in [5.74, 6) is 0. The van der Waals surface area contributed by atoms with Gasteiger partial charge in [-0.05, 0) is 79.9 Å². The molecule has 0 aliphatic carbocycles. The van der Waals surface area contributed by atoms with Crippen LogP contribution in [-0.2, 0) is 0 Å². The minimum Gasteiger partial charge on any atom is -0.363 e. The number of hydrogen-bond donors (Lipinski definition) is 6. The van der Waals surface area contributed by atoms with E-state index in [0.717, 1.165) is 38.4 Å². The van der Waals surface area contributed by atoms with Crippen LogP contribution in [0.25, 0.3) is 0 Å². The van der Waals surface area contributed by atoms with Crippen LogP contribution in [0.5, 0.6) is 0 Å². The summed E-state index contributed by atoms with van der Waals surface area (Å²) in [4.78, 5) is 6.64. The quantitative estimate of drug-likeness (QED) is 0.141. The minimum absolute atomic E-state index is 0.828. The molecule has 1 aliphatic rings. The summed E-state index contributed by atoms with van der Waals surface area (Å²) in [7, 11) is 0. The second-order valence-corrected chi connectivity index (χ2v) is 9.98. The molecule has 6 N–H and O–H groups in total. The molecule has 2 aromatic heterocycles. The largest absolute Gasteiger partial charge is 0.363 e. The lowest BCUT2D eigenvalue weighted by atomic mass is 10.2. The smallest absolute Gasteiger partial charge is 0.201 e. The van der Waals surface area contributed by atoms with Crippen LogP contribution in [0, 0.1) is 6.92 Å². The number of hydrazine groups is 3. The first-order chi connectivity index (χ1) is 16.7. The number of anilines is 7. The van der Waals surface area contributed by atoms with E-state index in [1.165, 1.54) is 30.9 Å². The van der Waals surface area contributed by atoms with Gasteiger partial charge in [0.05, 0.1) is 27.8 Å². The van der Waals surface area contributed by atoms with Crippen LogP contribution in [0.1, 0.15) is 18.4 Å². The second kappa shape index (κ2) is 10.5. The molecule has 1 fully saturated rings. The third-order valence-electron chi connectivity index (χ3n) is 5.54. The van der Waals surface area contributed by atoms with Crippen LogP contribution in [0.3, 0.4) is 0 Å². The number of nitrogens with zero attached hydrogens (tertiary/aromatic N) is 2. The highest BCUT2D eigenvalue weighted by Crippen LogP contribution is 2.32. The number of aryl methyl sites for hydroxylation is 1. The Hall–Kier alpha value is -3.63. The van der Waals surface area contributed by atoms with Crippen LogP contribution >= 0.6 is 22.7 Å². The molecule has 0 amide bonds. The van der Waals surface area contributed by atoms with Gasteiger partial charge in [0.1, 0.15) is 5.00 Å². The Morgan fingerprint density at radius 2 is 1.47 bits per heavy atom. The molecule has 0 unspecified atom stereocenters. The zero-order valence-corrected chi connectivity index (χ0v) is 20.5. The normalized spacial score (nSPS) is 12.9. The summed E-state index contributed by atoms with van der Waals surface area (Å²) in [6.45, 7) is 4.42. The Morgan fingerprint density at radius 1 is 0.765 bits per heavy atom. The van der Waals surface area contributed by atoms with Gasteiger partial charge in [-0.2, -0.15) is 0 Å². The van der Waals surface area contributed by atoms with Gasteiger partial charge in [-0.25, -0.2) is 4.98 Å². The van der Waals surface area contributed by atoms with Gasteiger partial charge in [-0.1, -0.05) is 11.3 Å². The highest BCUT2D eigenvalue weighted by atomic mass is 32.1. The van der Waals surface area contributed by atoms with Gasteiger partial charge in [0, 0.05) is 24.7 Å². The lowest BCUT2D eigenvalue weighted by Gasteiger charge is -2.15. The average molecular weight is 493 g/mol. The van der Waals surface area contributed by atoms with Gasteiger partial charge in [0.15, 0.2) is 0 Å². The zero-order chi connectivity index (χ0) is 23.2. The Bertz CT molecular complexity index is 1180. The molecule has 1 aliphatic heterocycles. The summed E-state index contributed by atoms with van der Waals surface area (Å²) < 4.78 is 0. The van der Waals surface area contributed by atoms with E-state index in [-0.39, 0.29) is 0 Å². The lowest BCUT2D eigenvalue weighted by molar-refractivity contribution is 0.949. The number of aromatic nitrogens is 1. The zero-order valence-electron chi connectivity index (χ0n) is 18.9. The minimum atomic E-state index is 0.828. The molecule has 0 saturated carbocycles. The third kappa shape index (κ3) is 5.64. The van der Waals surface area contributed by atoms with Crippen molar-refractivity contribution in [3.05, 3.63) is 71.7 Å². The Morgan fingerprint density at radius 3 is 2.18 bits per heavy atom. The lowest BCUT2D eigenvalue weighted by Crippen LogP contribution is -2.15. The maximum atomic E-state index is 4.18. The van der Waals surface area contributed by atoms with Gasteiger partial charge in [-0.15, -0.1) is 11.3 Å². The standard InChI is InChI=1S/C24H28N8S2/c1-17-16-20(28-30-22-10-11-23(34-22)32-13-2-3-14-32)8-9-21(17)29-26-18-4-6-19(7-5-18)27-31-24-25-12-15-33-24/h4-12,15-16,26-30H,2-3,13-14H2,1H3,(H,25,31). The average Bonchev–Trinajstić information content (AvgIpc) is 3.64. The van der Waals surface area contributed by atoms with Crippen molar-refractivity contribution in [2.45, 2.75) is 19.8 Å². The van der Waals surface area contributed by atoms with E-state index in [2.05, 4.69) is 79.7 Å². The van der Waals surface area contributed by atoms with Crippen molar-refractivity contribution in [3.63, 3.8) is 0 Å². The Labute approximate surface area is 207 Å². The fourth-order valence-electron chi connectivity index (χ4n) is 3.70. The van der Waals surface area contributed by atoms with Crippen LogP contribution in [0.4, 0.5) is 37.9 Å². The monoisotopic (exact) mass is 492 g/mol. The maximum absolute atomic E-state index is 4.18. The van der Waals surface area contributed by atoms with Crippen molar-refractivity contribution in [1.29, 1.82) is 0 Å². The fourth-order valence-corrected chi connectivity index (χ4v) is 5.10. The first kappa shape index (κ1) is 22.2. The molecule has 176 valence electrons. The summed E-state index contributed by atoms with van der Waals surface area (Å²) in [6, 6.07) is 18.6. The van der Waals surface area contributed by atoms with Crippen LogP contribution in [-0.4, -0.2) is 18.1 Å². The highest BCUT2D eigenvalue weighted by Gasteiger charge is 2.14. The van der Waals surface area contributed by atoms with Gasteiger partial charge in [0.25, 0.3) is 0 Å². The second-order valence-electron chi connectivity index (χ2n) is 8.03. The van der Waals surface area contributed by atoms with Crippen LogP contribution in [0.15, 0.2) is 66.2 Å². The first-order valence-electron chi connectivity index (χ1n) is 11.2. The molecule has 1 saturated heterocycles. The van der Waals surface area contributed by atoms with E-state index in [1.807, 2.05) is 29.6 Å². The number of rotatable bonds is 10. The van der Waals surface area contributed by atoms with Gasteiger partial charge in [0.2, 0.25) is 5.13 Å². The molecule has 10 heteroatoms. The van der Waals surface area contributed by atoms with Gasteiger partial charge in [-0.3, -0.25) is 16.3 Å². The van der Waals surface area contributed by atoms with Crippen molar-refractivity contribution < 1.29 is 0 Å². The fraction of sp³-hybridized carbons (Fsp3) is 0.208. The van der Waals surface area contributed by atoms with Gasteiger partial charge >= 0.3 is 0 Å². The van der Waals surface area contributed by atoms with Crippen molar-refractivity contribution >= 4 is 60.6 Å². The van der Waals surface area contributed by atoms with Crippen molar-refractivity contribution in [2.24, 2.45) is 0 Å².